The average Bonchev–Trinajstić information content (AvgIpc) is 3.90. The van der Waals surface area contributed by atoms with Crippen molar-refractivity contribution in [1.29, 1.82) is 0 Å². The Hall–Kier alpha value is -6.06. The lowest BCUT2D eigenvalue weighted by Gasteiger charge is -2.30. The second-order valence-corrected chi connectivity index (χ2v) is 20.9. The predicted octanol–water partition coefficient (Wildman–Crippen LogP) is 16.3. The zero-order valence-electron chi connectivity index (χ0n) is 37.3. The summed E-state index contributed by atoms with van der Waals surface area (Å²) < 4.78 is 5.17. The molecule has 4 heterocycles. The third kappa shape index (κ3) is 5.08. The van der Waals surface area contributed by atoms with E-state index in [-0.39, 0.29) is 16.2 Å². The first-order valence-corrected chi connectivity index (χ1v) is 21.8. The van der Waals surface area contributed by atoms with Crippen LogP contribution in [0.3, 0.4) is 0 Å². The van der Waals surface area contributed by atoms with Gasteiger partial charge in [0, 0.05) is 54.5 Å². The van der Waals surface area contributed by atoms with Crippen molar-refractivity contribution in [3.05, 3.63) is 149 Å². The molecule has 298 valence electrons. The molecule has 4 aromatic heterocycles. The minimum Gasteiger partial charge on any atom is -0.310 e. The smallest absolute Gasteiger partial charge is 0.0620 e. The highest BCUT2D eigenvalue weighted by Gasteiger charge is 2.28. The summed E-state index contributed by atoms with van der Waals surface area (Å²) in [7, 11) is 0. The van der Waals surface area contributed by atoms with E-state index in [0.717, 1.165) is 5.69 Å². The molecular formula is C57H55N3. The van der Waals surface area contributed by atoms with Gasteiger partial charge < -0.3 is 13.7 Å². The molecule has 0 radical (unpaired) electrons. The Labute approximate surface area is 353 Å². The SMILES string of the molecule is Cc1ccccc1N(c1ccc2c3cc(C(C)(C)C)cc4c5cc6c(cc5n(c2c1)c34)c1cc(C(C)(C)C)cc2c3cc(C(C)(C)C)ccc3n6c21)c1c(C)cccc1C. The van der Waals surface area contributed by atoms with Gasteiger partial charge >= 0.3 is 0 Å². The Kier molecular flexibility index (Phi) is 7.42. The van der Waals surface area contributed by atoms with E-state index in [4.69, 9.17) is 0 Å². The van der Waals surface area contributed by atoms with Crippen LogP contribution in [-0.4, -0.2) is 8.80 Å². The van der Waals surface area contributed by atoms with E-state index < -0.39 is 0 Å². The molecule has 0 aliphatic carbocycles. The molecule has 11 rings (SSSR count). The maximum absolute atomic E-state index is 2.60. The van der Waals surface area contributed by atoms with E-state index in [1.807, 2.05) is 0 Å². The Morgan fingerprint density at radius 3 is 1.35 bits per heavy atom. The first kappa shape index (κ1) is 37.0. The molecule has 60 heavy (non-hydrogen) atoms. The number of rotatable bonds is 3. The molecule has 0 aliphatic heterocycles. The summed E-state index contributed by atoms with van der Waals surface area (Å²) in [6.45, 7) is 27.8. The molecule has 3 nitrogen and oxygen atoms in total. The van der Waals surface area contributed by atoms with Gasteiger partial charge in [0.2, 0.25) is 0 Å². The van der Waals surface area contributed by atoms with Gasteiger partial charge in [-0.25, -0.2) is 0 Å². The van der Waals surface area contributed by atoms with Crippen LogP contribution in [0.5, 0.6) is 0 Å². The highest BCUT2D eigenvalue weighted by Crippen LogP contribution is 2.49. The lowest BCUT2D eigenvalue weighted by atomic mass is 9.84. The summed E-state index contributed by atoms with van der Waals surface area (Å²) in [5.41, 5.74) is 19.2. The van der Waals surface area contributed by atoms with Crippen LogP contribution in [0.15, 0.2) is 115 Å². The normalized spacial score (nSPS) is 13.3. The molecule has 0 amide bonds. The van der Waals surface area contributed by atoms with Crippen LogP contribution >= 0.6 is 0 Å². The predicted molar refractivity (Wildman–Crippen MR) is 261 cm³/mol. The number of anilines is 3. The number of aryl methyl sites for hydroxylation is 3. The molecule has 7 aromatic carbocycles. The van der Waals surface area contributed by atoms with Gasteiger partial charge in [0.05, 0.1) is 38.8 Å². The second-order valence-electron chi connectivity index (χ2n) is 20.9. The largest absolute Gasteiger partial charge is 0.310 e. The van der Waals surface area contributed by atoms with Gasteiger partial charge in [-0.1, -0.05) is 111 Å². The topological polar surface area (TPSA) is 12.1 Å². The van der Waals surface area contributed by atoms with Crippen molar-refractivity contribution in [3.63, 3.8) is 0 Å². The molecule has 0 bridgehead atoms. The van der Waals surface area contributed by atoms with Crippen LogP contribution in [0.2, 0.25) is 0 Å². The average molecular weight is 782 g/mol. The van der Waals surface area contributed by atoms with E-state index in [1.54, 1.807) is 0 Å². The van der Waals surface area contributed by atoms with Crippen molar-refractivity contribution in [2.45, 2.75) is 99.3 Å². The summed E-state index contributed by atoms with van der Waals surface area (Å²) in [6.07, 6.45) is 0. The summed E-state index contributed by atoms with van der Waals surface area (Å²) in [5, 5.41) is 10.6. The maximum Gasteiger partial charge on any atom is 0.0620 e. The Bertz CT molecular complexity index is 3550. The molecule has 0 N–H and O–H groups in total. The van der Waals surface area contributed by atoms with Gasteiger partial charge in [0.1, 0.15) is 0 Å². The van der Waals surface area contributed by atoms with Crippen LogP contribution in [-0.2, 0) is 16.2 Å². The highest BCUT2D eigenvalue weighted by molar-refractivity contribution is 6.29. The maximum atomic E-state index is 2.60. The minimum absolute atomic E-state index is 0.00252. The number of hydrogen-bond donors (Lipinski definition) is 0. The quantitative estimate of drug-likeness (QED) is 0.174. The monoisotopic (exact) mass is 781 g/mol. The zero-order chi connectivity index (χ0) is 41.9. The van der Waals surface area contributed by atoms with Gasteiger partial charge in [0.15, 0.2) is 0 Å². The van der Waals surface area contributed by atoms with E-state index in [1.165, 1.54) is 121 Å². The molecule has 0 saturated carbocycles. The fourth-order valence-electron chi connectivity index (χ4n) is 10.4. The second kappa shape index (κ2) is 12.0. The van der Waals surface area contributed by atoms with Gasteiger partial charge in [-0.2, -0.15) is 0 Å². The van der Waals surface area contributed by atoms with Gasteiger partial charge in [-0.05, 0) is 137 Å². The van der Waals surface area contributed by atoms with Crippen molar-refractivity contribution in [2.24, 2.45) is 0 Å². The van der Waals surface area contributed by atoms with Crippen molar-refractivity contribution >= 4 is 93.3 Å². The first-order valence-electron chi connectivity index (χ1n) is 21.8. The number of para-hydroxylation sites is 2. The fraction of sp³-hybridized carbons (Fsp3) is 0.263. The molecule has 0 saturated heterocycles. The van der Waals surface area contributed by atoms with Crippen molar-refractivity contribution in [2.75, 3.05) is 4.90 Å². The van der Waals surface area contributed by atoms with Crippen LogP contribution < -0.4 is 4.90 Å². The standard InChI is InChI=1S/C57H55N3/c1-32-16-13-14-19-47(32)58(52-33(2)17-15-18-34(52)3)38-21-22-39-43-25-36(56(7,8)9)27-45-42-30-50-41(31-51(42)60(53(43)45)49(39)29-38)46-28-37(57(10,11)12)26-44-40-24-35(55(4,5)6)20-23-48(40)59(50)54(44)46/h13-31H,1-12H3. The van der Waals surface area contributed by atoms with Crippen molar-refractivity contribution in [1.82, 2.24) is 8.80 Å². The van der Waals surface area contributed by atoms with E-state index >= 15 is 0 Å². The number of hydrogen-bond acceptors (Lipinski definition) is 1. The molecule has 0 fully saturated rings. The third-order valence-electron chi connectivity index (χ3n) is 13.8. The molecule has 0 aliphatic rings. The zero-order valence-corrected chi connectivity index (χ0v) is 37.3. The van der Waals surface area contributed by atoms with Gasteiger partial charge in [-0.3, -0.25) is 0 Å². The molecule has 3 heteroatoms. The van der Waals surface area contributed by atoms with Crippen LogP contribution in [0.4, 0.5) is 17.1 Å². The van der Waals surface area contributed by atoms with E-state index in [0.29, 0.717) is 0 Å². The van der Waals surface area contributed by atoms with Crippen LogP contribution in [0, 0.1) is 20.8 Å². The van der Waals surface area contributed by atoms with Crippen molar-refractivity contribution < 1.29 is 0 Å². The van der Waals surface area contributed by atoms with E-state index in [2.05, 4.69) is 212 Å². The van der Waals surface area contributed by atoms with Gasteiger partial charge in [-0.15, -0.1) is 0 Å². The third-order valence-corrected chi connectivity index (χ3v) is 13.8. The number of benzene rings is 7. The molecular weight excluding hydrogens is 727 g/mol. The summed E-state index contributed by atoms with van der Waals surface area (Å²) in [5.74, 6) is 0. The number of aromatic nitrogens is 2. The summed E-state index contributed by atoms with van der Waals surface area (Å²) in [6, 6.07) is 44.8. The Balaban J connectivity index is 1.30. The van der Waals surface area contributed by atoms with E-state index in [9.17, 15) is 0 Å². The minimum atomic E-state index is -0.0182. The number of fused-ring (bicyclic) bond motifs is 12. The molecule has 0 unspecified atom stereocenters. The van der Waals surface area contributed by atoms with Crippen LogP contribution in [0.1, 0.15) is 95.7 Å². The van der Waals surface area contributed by atoms with Gasteiger partial charge in [0.25, 0.3) is 0 Å². The summed E-state index contributed by atoms with van der Waals surface area (Å²) in [4.78, 5) is 2.49. The Morgan fingerprint density at radius 1 is 0.367 bits per heavy atom. The molecule has 0 spiro atoms. The number of nitrogens with zero attached hydrogens (tertiary/aromatic N) is 3. The molecule has 0 atom stereocenters. The first-order chi connectivity index (χ1) is 28.4. The highest BCUT2D eigenvalue weighted by atomic mass is 15.2. The lowest BCUT2D eigenvalue weighted by Crippen LogP contribution is -2.14. The Morgan fingerprint density at radius 2 is 0.817 bits per heavy atom. The van der Waals surface area contributed by atoms with Crippen LogP contribution in [0.25, 0.3) is 76.2 Å². The fourth-order valence-corrected chi connectivity index (χ4v) is 10.4. The lowest BCUT2D eigenvalue weighted by molar-refractivity contribution is 0.590. The molecule has 11 aromatic rings. The van der Waals surface area contributed by atoms with Crippen molar-refractivity contribution in [3.8, 4) is 0 Å². The summed E-state index contributed by atoms with van der Waals surface area (Å²) >= 11 is 0.